The molecular formula is C34H44F2N6O3S. The summed E-state index contributed by atoms with van der Waals surface area (Å²) in [5.74, 6) is -0.520. The van der Waals surface area contributed by atoms with Crippen molar-refractivity contribution in [3.63, 3.8) is 0 Å². The van der Waals surface area contributed by atoms with E-state index in [4.69, 9.17) is 9.72 Å². The van der Waals surface area contributed by atoms with E-state index in [1.807, 2.05) is 49.6 Å². The Hall–Kier alpha value is -3.66. The molecule has 248 valence electrons. The number of halogens is 2. The Morgan fingerprint density at radius 1 is 1.22 bits per heavy atom. The summed E-state index contributed by atoms with van der Waals surface area (Å²) >= 11 is 0.751. The fraction of sp³-hybridized carbons (Fsp3) is 0.529. The molecule has 0 saturated carbocycles. The van der Waals surface area contributed by atoms with Crippen LogP contribution >= 0.6 is 11.3 Å². The number of carbonyl (C=O) groups is 2. The second-order valence-corrected chi connectivity index (χ2v) is 14.5. The molecule has 0 radical (unpaired) electrons. The van der Waals surface area contributed by atoms with Crippen molar-refractivity contribution >= 4 is 40.1 Å². The van der Waals surface area contributed by atoms with Crippen LogP contribution in [0, 0.1) is 22.7 Å². The Morgan fingerprint density at radius 3 is 2.59 bits per heavy atom. The molecule has 2 aromatic heterocycles. The van der Waals surface area contributed by atoms with Gasteiger partial charge in [-0.1, -0.05) is 26.8 Å². The topological polar surface area (TPSA) is 112 Å². The number of benzene rings is 1. The van der Waals surface area contributed by atoms with E-state index in [9.17, 15) is 23.6 Å². The minimum atomic E-state index is -2.65. The van der Waals surface area contributed by atoms with Crippen molar-refractivity contribution in [3.8, 4) is 6.07 Å². The Kier molecular flexibility index (Phi) is 11.0. The molecule has 9 nitrogen and oxygen atoms in total. The zero-order valence-electron chi connectivity index (χ0n) is 27.6. The van der Waals surface area contributed by atoms with Gasteiger partial charge in [-0.25, -0.2) is 13.8 Å². The van der Waals surface area contributed by atoms with Gasteiger partial charge in [0.1, 0.15) is 11.6 Å². The number of hydrogen-bond acceptors (Lipinski definition) is 7. The predicted octanol–water partition coefficient (Wildman–Crippen LogP) is 6.93. The van der Waals surface area contributed by atoms with Gasteiger partial charge in [-0.05, 0) is 81.4 Å². The van der Waals surface area contributed by atoms with Gasteiger partial charge in [0.25, 0.3) is 18.2 Å². The highest BCUT2D eigenvalue weighted by Gasteiger charge is 2.31. The van der Waals surface area contributed by atoms with Crippen molar-refractivity contribution in [1.29, 1.82) is 5.26 Å². The van der Waals surface area contributed by atoms with Crippen LogP contribution in [0.1, 0.15) is 81.4 Å². The second-order valence-electron chi connectivity index (χ2n) is 13.4. The Morgan fingerprint density at radius 2 is 1.96 bits per heavy atom. The highest BCUT2D eigenvalue weighted by molar-refractivity contribution is 7.14. The van der Waals surface area contributed by atoms with E-state index in [0.29, 0.717) is 50.7 Å². The third-order valence-electron chi connectivity index (χ3n) is 8.39. The zero-order valence-corrected chi connectivity index (χ0v) is 28.4. The summed E-state index contributed by atoms with van der Waals surface area (Å²) in [7, 11) is 0. The summed E-state index contributed by atoms with van der Waals surface area (Å²) in [6.45, 7) is 16.6. The van der Waals surface area contributed by atoms with Crippen molar-refractivity contribution < 1.29 is 23.1 Å². The highest BCUT2D eigenvalue weighted by Crippen LogP contribution is 2.30. The van der Waals surface area contributed by atoms with Crippen LogP contribution in [-0.2, 0) is 22.6 Å². The maximum Gasteiger partial charge on any atom is 0.272 e. The first-order valence-corrected chi connectivity index (χ1v) is 16.4. The number of thiophene rings is 1. The van der Waals surface area contributed by atoms with E-state index in [0.717, 1.165) is 22.4 Å². The number of aromatic nitrogens is 2. The van der Waals surface area contributed by atoms with Crippen molar-refractivity contribution in [2.45, 2.75) is 86.0 Å². The number of nitriles is 1. The molecule has 0 bridgehead atoms. The van der Waals surface area contributed by atoms with Crippen LogP contribution in [0.2, 0.25) is 0 Å². The molecule has 2 N–H and O–H groups in total. The Labute approximate surface area is 273 Å². The van der Waals surface area contributed by atoms with Crippen LogP contribution < -0.4 is 10.6 Å². The minimum absolute atomic E-state index is 0.0259. The number of ether oxygens (including phenoxy) is 1. The normalized spacial score (nSPS) is 16.7. The number of carbonyl (C=O) groups excluding carboxylic acids is 2. The van der Waals surface area contributed by atoms with Gasteiger partial charge in [-0.3, -0.25) is 14.9 Å². The van der Waals surface area contributed by atoms with Crippen LogP contribution in [0.25, 0.3) is 11.0 Å². The molecule has 4 rings (SSSR count). The van der Waals surface area contributed by atoms with Crippen molar-refractivity contribution in [2.75, 3.05) is 25.0 Å². The quantitative estimate of drug-likeness (QED) is 0.162. The third-order valence-corrected chi connectivity index (χ3v) is 9.48. The van der Waals surface area contributed by atoms with Gasteiger partial charge in [0.05, 0.1) is 26.4 Å². The number of likely N-dealkylation sites (tertiary alicyclic amines) is 1. The summed E-state index contributed by atoms with van der Waals surface area (Å²) in [5, 5.41) is 16.1. The second kappa shape index (κ2) is 14.4. The molecule has 1 aliphatic heterocycles. The van der Waals surface area contributed by atoms with Gasteiger partial charge in [0.15, 0.2) is 0 Å². The molecule has 1 saturated heterocycles. The van der Waals surface area contributed by atoms with Gasteiger partial charge in [0, 0.05) is 38.8 Å². The molecule has 2 amide bonds. The van der Waals surface area contributed by atoms with Crippen LogP contribution in [0.15, 0.2) is 42.0 Å². The number of alkyl halides is 2. The summed E-state index contributed by atoms with van der Waals surface area (Å²) in [6.07, 6.45) is -0.386. The van der Waals surface area contributed by atoms with E-state index in [-0.39, 0.29) is 38.6 Å². The number of imidazole rings is 1. The molecule has 2 atom stereocenters. The smallest absolute Gasteiger partial charge is 0.272 e. The molecule has 0 unspecified atom stereocenters. The van der Waals surface area contributed by atoms with Crippen LogP contribution in [0.3, 0.4) is 0 Å². The molecule has 0 aliphatic carbocycles. The van der Waals surface area contributed by atoms with E-state index >= 15 is 0 Å². The lowest BCUT2D eigenvalue weighted by Crippen LogP contribution is -2.37. The van der Waals surface area contributed by atoms with E-state index in [2.05, 4.69) is 38.3 Å². The average molecular weight is 655 g/mol. The number of amides is 2. The molecule has 46 heavy (non-hydrogen) atoms. The molecule has 1 aliphatic rings. The zero-order chi connectivity index (χ0) is 33.8. The first-order chi connectivity index (χ1) is 21.6. The van der Waals surface area contributed by atoms with Gasteiger partial charge in [-0.2, -0.15) is 5.26 Å². The Balaban J connectivity index is 1.58. The molecule has 1 aromatic carbocycles. The number of rotatable bonds is 12. The molecule has 1 fully saturated rings. The number of hydrogen-bond donors (Lipinski definition) is 2. The van der Waals surface area contributed by atoms with Gasteiger partial charge in [-0.15, -0.1) is 11.3 Å². The molecule has 0 spiro atoms. The lowest BCUT2D eigenvalue weighted by molar-refractivity contribution is -0.126. The maximum atomic E-state index is 13.3. The van der Waals surface area contributed by atoms with Crippen LogP contribution in [0.5, 0.6) is 0 Å². The monoisotopic (exact) mass is 654 g/mol. The summed E-state index contributed by atoms with van der Waals surface area (Å²) in [4.78, 5) is 32.9. The van der Waals surface area contributed by atoms with Crippen molar-refractivity contribution in [3.05, 3.63) is 57.3 Å². The summed E-state index contributed by atoms with van der Waals surface area (Å²) in [6, 6.07) is 10.9. The molecule has 12 heteroatoms. The van der Waals surface area contributed by atoms with Gasteiger partial charge >= 0.3 is 0 Å². The SMILES string of the molecule is CCOC(C)(C)C=C(C#N)C(=O)N1CC[C@H](Cn2c(NC(=O)c3ccc(C(F)F)s3)nc3cc(CN[C@@H](C)C(C)(C)C)ccc32)C1. The number of anilines is 1. The Bertz CT molecular complexity index is 1630. The summed E-state index contributed by atoms with van der Waals surface area (Å²) in [5.41, 5.74) is 1.92. The number of nitrogens with zero attached hydrogens (tertiary/aromatic N) is 4. The van der Waals surface area contributed by atoms with E-state index in [1.54, 1.807) is 11.0 Å². The van der Waals surface area contributed by atoms with Crippen LogP contribution in [-0.4, -0.2) is 57.6 Å². The maximum absolute atomic E-state index is 13.3. The van der Waals surface area contributed by atoms with E-state index in [1.165, 1.54) is 12.1 Å². The highest BCUT2D eigenvalue weighted by atomic mass is 32.1. The number of nitrogens with one attached hydrogen (secondary N) is 2. The standard InChI is InChI=1S/C34H44F2N6O3S/c1-8-45-34(6,7)16-24(17-37)31(44)41-14-13-23(19-41)20-42-26-10-9-22(18-38-21(2)33(3,4)5)15-25(26)39-32(42)40-30(43)28-12-11-27(46-28)29(35)36/h9-12,15-16,21,23,29,38H,8,13-14,18-20H2,1-7H3,(H,39,40,43)/t21-,23-/m0/s1. The third kappa shape index (κ3) is 8.57. The molecule has 3 heterocycles. The van der Waals surface area contributed by atoms with Gasteiger partial charge in [0.2, 0.25) is 5.95 Å². The molecular weight excluding hydrogens is 610 g/mol. The van der Waals surface area contributed by atoms with Crippen molar-refractivity contribution in [2.24, 2.45) is 11.3 Å². The lowest BCUT2D eigenvalue weighted by atomic mass is 9.88. The largest absolute Gasteiger partial charge is 0.372 e. The van der Waals surface area contributed by atoms with E-state index < -0.39 is 17.9 Å². The lowest BCUT2D eigenvalue weighted by Gasteiger charge is -2.28. The average Bonchev–Trinajstić information content (AvgIpc) is 3.73. The van der Waals surface area contributed by atoms with Crippen LogP contribution in [0.4, 0.5) is 14.7 Å². The minimum Gasteiger partial charge on any atom is -0.372 e. The van der Waals surface area contributed by atoms with Crippen molar-refractivity contribution in [1.82, 2.24) is 19.8 Å². The fourth-order valence-corrected chi connectivity index (χ4v) is 6.15. The summed E-state index contributed by atoms with van der Waals surface area (Å²) < 4.78 is 34.0. The first-order valence-electron chi connectivity index (χ1n) is 15.6. The number of fused-ring (bicyclic) bond motifs is 1. The predicted molar refractivity (Wildman–Crippen MR) is 177 cm³/mol. The fourth-order valence-electron chi connectivity index (χ4n) is 5.40. The molecule has 3 aromatic rings. The van der Waals surface area contributed by atoms with Gasteiger partial charge < -0.3 is 19.5 Å². The first kappa shape index (κ1) is 35.2.